The normalized spacial score (nSPS) is 12.4. The van der Waals surface area contributed by atoms with Crippen LogP contribution in [0.5, 0.6) is 0 Å². The van der Waals surface area contributed by atoms with Gasteiger partial charge < -0.3 is 4.74 Å². The molecule has 16 heavy (non-hydrogen) atoms. The molecule has 0 aliphatic carbocycles. The van der Waals surface area contributed by atoms with E-state index in [0.29, 0.717) is 29.4 Å². The minimum absolute atomic E-state index is 0.323. The zero-order valence-electron chi connectivity index (χ0n) is 9.73. The van der Waals surface area contributed by atoms with Crippen molar-refractivity contribution in [2.45, 2.75) is 19.6 Å². The zero-order chi connectivity index (χ0) is 12.1. The maximum absolute atomic E-state index is 11.6. The van der Waals surface area contributed by atoms with Crippen LogP contribution in [0.4, 0.5) is 0 Å². The van der Waals surface area contributed by atoms with Gasteiger partial charge in [-0.2, -0.15) is 5.10 Å². The lowest BCUT2D eigenvalue weighted by atomic mass is 10.3. The van der Waals surface area contributed by atoms with Gasteiger partial charge in [0.1, 0.15) is 5.56 Å². The molecule has 5 nitrogen and oxygen atoms in total. The molecule has 0 radical (unpaired) electrons. The molecule has 1 aromatic rings. The van der Waals surface area contributed by atoms with Gasteiger partial charge in [0, 0.05) is 23.6 Å². The van der Waals surface area contributed by atoms with E-state index >= 15 is 0 Å². The average Bonchev–Trinajstić information content (AvgIpc) is 2.61. The molecule has 1 heterocycles. The third-order valence-corrected chi connectivity index (χ3v) is 3.42. The highest BCUT2D eigenvalue weighted by atomic mass is 32.2. The summed E-state index contributed by atoms with van der Waals surface area (Å²) >= 11 is 0. The molecule has 0 aliphatic rings. The second-order valence-electron chi connectivity index (χ2n) is 3.22. The number of aromatic nitrogens is 2. The second kappa shape index (κ2) is 5.79. The SMILES string of the molecule is CCOC(=O)c1cnn(C)c1CS(=O)CC. The van der Waals surface area contributed by atoms with E-state index < -0.39 is 16.8 Å². The highest BCUT2D eigenvalue weighted by Crippen LogP contribution is 2.11. The van der Waals surface area contributed by atoms with Crippen LogP contribution in [0.25, 0.3) is 0 Å². The van der Waals surface area contributed by atoms with Gasteiger partial charge in [0.05, 0.1) is 24.3 Å². The van der Waals surface area contributed by atoms with Gasteiger partial charge in [0.15, 0.2) is 0 Å². The van der Waals surface area contributed by atoms with Crippen LogP contribution in [0, 0.1) is 0 Å². The fourth-order valence-corrected chi connectivity index (χ4v) is 2.12. The highest BCUT2D eigenvalue weighted by Gasteiger charge is 2.18. The number of carbonyl (C=O) groups excluding carboxylic acids is 1. The van der Waals surface area contributed by atoms with Crippen LogP contribution in [-0.2, 0) is 28.3 Å². The van der Waals surface area contributed by atoms with Crippen molar-refractivity contribution in [1.82, 2.24) is 9.78 Å². The maximum Gasteiger partial charge on any atom is 0.341 e. The molecule has 0 bridgehead atoms. The van der Waals surface area contributed by atoms with Gasteiger partial charge in [-0.25, -0.2) is 4.79 Å². The second-order valence-corrected chi connectivity index (χ2v) is 4.97. The first-order valence-electron chi connectivity index (χ1n) is 5.13. The van der Waals surface area contributed by atoms with E-state index in [1.54, 1.807) is 18.7 Å². The summed E-state index contributed by atoms with van der Waals surface area (Å²) in [6.45, 7) is 3.92. The lowest BCUT2D eigenvalue weighted by molar-refractivity contribution is 0.0525. The third-order valence-electron chi connectivity index (χ3n) is 2.18. The number of hydrogen-bond donors (Lipinski definition) is 0. The highest BCUT2D eigenvalue weighted by molar-refractivity contribution is 7.84. The van der Waals surface area contributed by atoms with Gasteiger partial charge in [-0.05, 0) is 6.92 Å². The van der Waals surface area contributed by atoms with Gasteiger partial charge in [-0.15, -0.1) is 0 Å². The molecule has 0 N–H and O–H groups in total. The molecular weight excluding hydrogens is 228 g/mol. The van der Waals surface area contributed by atoms with E-state index in [4.69, 9.17) is 4.74 Å². The quantitative estimate of drug-likeness (QED) is 0.721. The largest absolute Gasteiger partial charge is 0.462 e. The Bertz CT molecular complexity index is 401. The topological polar surface area (TPSA) is 61.2 Å². The van der Waals surface area contributed by atoms with Crippen molar-refractivity contribution in [3.8, 4) is 0 Å². The maximum atomic E-state index is 11.6. The number of nitrogens with zero attached hydrogens (tertiary/aromatic N) is 2. The number of ether oxygens (including phenoxy) is 1. The predicted molar refractivity (Wildman–Crippen MR) is 61.6 cm³/mol. The number of carbonyl (C=O) groups is 1. The fraction of sp³-hybridized carbons (Fsp3) is 0.600. The van der Waals surface area contributed by atoms with E-state index in [1.807, 2.05) is 6.92 Å². The summed E-state index contributed by atoms with van der Waals surface area (Å²) in [7, 11) is 0.761. The first-order chi connectivity index (χ1) is 7.60. The van der Waals surface area contributed by atoms with Crippen LogP contribution in [-0.4, -0.2) is 32.3 Å². The summed E-state index contributed by atoms with van der Waals surface area (Å²) in [6, 6.07) is 0. The third kappa shape index (κ3) is 2.91. The van der Waals surface area contributed by atoms with Gasteiger partial charge in [0.25, 0.3) is 0 Å². The van der Waals surface area contributed by atoms with Crippen LogP contribution >= 0.6 is 0 Å². The van der Waals surface area contributed by atoms with Crippen molar-refractivity contribution in [2.75, 3.05) is 12.4 Å². The standard InChI is InChI=1S/C10H16N2O3S/c1-4-15-10(13)8-6-11-12(3)9(8)7-16(14)5-2/h6H,4-5,7H2,1-3H3. The molecule has 0 amide bonds. The summed E-state index contributed by atoms with van der Waals surface area (Å²) in [5, 5.41) is 3.99. The van der Waals surface area contributed by atoms with Crippen molar-refractivity contribution in [3.05, 3.63) is 17.5 Å². The van der Waals surface area contributed by atoms with Crippen LogP contribution in [0.15, 0.2) is 6.20 Å². The molecule has 0 aliphatic heterocycles. The van der Waals surface area contributed by atoms with E-state index in [2.05, 4.69) is 5.10 Å². The van der Waals surface area contributed by atoms with E-state index in [-0.39, 0.29) is 0 Å². The Hall–Kier alpha value is -1.17. The minimum atomic E-state index is -0.966. The number of esters is 1. The average molecular weight is 244 g/mol. The first-order valence-corrected chi connectivity index (χ1v) is 6.61. The fourth-order valence-electron chi connectivity index (χ4n) is 1.27. The number of aryl methyl sites for hydroxylation is 1. The lowest BCUT2D eigenvalue weighted by Crippen LogP contribution is -2.11. The molecule has 0 saturated carbocycles. The zero-order valence-corrected chi connectivity index (χ0v) is 10.5. The molecular formula is C10H16N2O3S. The summed E-state index contributed by atoms with van der Waals surface area (Å²) in [6.07, 6.45) is 1.46. The summed E-state index contributed by atoms with van der Waals surface area (Å²) < 4.78 is 18.0. The predicted octanol–water partition coefficient (Wildman–Crippen LogP) is 0.865. The van der Waals surface area contributed by atoms with Crippen molar-refractivity contribution in [2.24, 2.45) is 7.05 Å². The van der Waals surface area contributed by atoms with E-state index in [0.717, 1.165) is 0 Å². The Balaban J connectivity index is 2.93. The van der Waals surface area contributed by atoms with Crippen molar-refractivity contribution in [3.63, 3.8) is 0 Å². The Morgan fingerprint density at radius 2 is 2.25 bits per heavy atom. The number of hydrogen-bond acceptors (Lipinski definition) is 4. The Morgan fingerprint density at radius 1 is 1.56 bits per heavy atom. The van der Waals surface area contributed by atoms with Gasteiger partial charge >= 0.3 is 5.97 Å². The van der Waals surface area contributed by atoms with Crippen LogP contribution in [0.1, 0.15) is 29.9 Å². The summed E-state index contributed by atoms with van der Waals surface area (Å²) in [4.78, 5) is 11.6. The summed E-state index contributed by atoms with van der Waals surface area (Å²) in [5.74, 6) is 0.493. The van der Waals surface area contributed by atoms with Crippen LogP contribution < -0.4 is 0 Å². The van der Waals surface area contributed by atoms with E-state index in [9.17, 15) is 9.00 Å². The van der Waals surface area contributed by atoms with Crippen molar-refractivity contribution in [1.29, 1.82) is 0 Å². The minimum Gasteiger partial charge on any atom is -0.462 e. The van der Waals surface area contributed by atoms with Crippen LogP contribution in [0.2, 0.25) is 0 Å². The lowest BCUT2D eigenvalue weighted by Gasteiger charge is -2.04. The Kier molecular flexibility index (Phi) is 4.67. The molecule has 1 aromatic heterocycles. The first kappa shape index (κ1) is 12.9. The van der Waals surface area contributed by atoms with Gasteiger partial charge in [-0.1, -0.05) is 6.92 Å². The van der Waals surface area contributed by atoms with E-state index in [1.165, 1.54) is 6.20 Å². The Morgan fingerprint density at radius 3 is 2.81 bits per heavy atom. The Labute approximate surface area is 97.2 Å². The van der Waals surface area contributed by atoms with Crippen LogP contribution in [0.3, 0.4) is 0 Å². The van der Waals surface area contributed by atoms with Crippen molar-refractivity contribution < 1.29 is 13.7 Å². The molecule has 1 atom stereocenters. The monoisotopic (exact) mass is 244 g/mol. The molecule has 1 unspecified atom stereocenters. The van der Waals surface area contributed by atoms with Gasteiger partial charge in [0.2, 0.25) is 0 Å². The summed E-state index contributed by atoms with van der Waals surface area (Å²) in [5.41, 5.74) is 1.07. The smallest absolute Gasteiger partial charge is 0.341 e. The van der Waals surface area contributed by atoms with Gasteiger partial charge in [-0.3, -0.25) is 8.89 Å². The molecule has 90 valence electrons. The van der Waals surface area contributed by atoms with Crippen molar-refractivity contribution >= 4 is 16.8 Å². The number of rotatable bonds is 5. The molecule has 6 heteroatoms. The molecule has 0 fully saturated rings. The molecule has 0 saturated heterocycles. The molecule has 0 aromatic carbocycles. The molecule has 0 spiro atoms. The molecule has 1 rings (SSSR count).